The van der Waals surface area contributed by atoms with Crippen LogP contribution < -0.4 is 5.56 Å². The van der Waals surface area contributed by atoms with E-state index in [0.29, 0.717) is 5.69 Å². The molecule has 0 atom stereocenters. The van der Waals surface area contributed by atoms with E-state index < -0.39 is 0 Å². The van der Waals surface area contributed by atoms with Crippen LogP contribution in [0, 0.1) is 4.77 Å². The van der Waals surface area contributed by atoms with Crippen LogP contribution in [0.2, 0.25) is 0 Å². The molecule has 1 heterocycles. The van der Waals surface area contributed by atoms with Crippen LogP contribution in [0.15, 0.2) is 35.1 Å². The Morgan fingerprint density at radius 2 is 1.93 bits per heavy atom. The third-order valence-corrected chi connectivity index (χ3v) is 1.95. The van der Waals surface area contributed by atoms with Crippen molar-refractivity contribution in [1.82, 2.24) is 15.2 Å². The summed E-state index contributed by atoms with van der Waals surface area (Å²) in [4.78, 5) is 13.9. The zero-order valence-corrected chi connectivity index (χ0v) is 7.97. The first-order valence-electron chi connectivity index (χ1n) is 4.02. The van der Waals surface area contributed by atoms with E-state index in [9.17, 15) is 4.79 Å². The average Bonchev–Trinajstić information content (AvgIpc) is 2.19. The van der Waals surface area contributed by atoms with Crippen molar-refractivity contribution in [3.05, 3.63) is 45.5 Å². The molecular formula is C9H7N3OS. The molecule has 0 amide bonds. The van der Waals surface area contributed by atoms with Crippen LogP contribution in [-0.2, 0) is 0 Å². The van der Waals surface area contributed by atoms with E-state index >= 15 is 0 Å². The Labute approximate surface area is 84.6 Å². The smallest absolute Gasteiger partial charge is 0.278 e. The second kappa shape index (κ2) is 3.55. The lowest BCUT2D eigenvalue weighted by Crippen LogP contribution is -2.12. The number of rotatable bonds is 1. The highest BCUT2D eigenvalue weighted by molar-refractivity contribution is 7.71. The number of H-pyrrole nitrogens is 2. The molecule has 0 aliphatic rings. The van der Waals surface area contributed by atoms with Gasteiger partial charge in [0.2, 0.25) is 0 Å². The fraction of sp³-hybridized carbons (Fsp3) is 0. The Balaban J connectivity index is 2.64. The van der Waals surface area contributed by atoms with Crippen molar-refractivity contribution in [3.8, 4) is 11.3 Å². The summed E-state index contributed by atoms with van der Waals surface area (Å²) in [7, 11) is 0. The van der Waals surface area contributed by atoms with E-state index in [0.717, 1.165) is 5.56 Å². The highest BCUT2D eigenvalue weighted by Gasteiger charge is 2.02. The number of hydrogen-bond acceptors (Lipinski definition) is 3. The van der Waals surface area contributed by atoms with Gasteiger partial charge in [-0.15, -0.1) is 0 Å². The Morgan fingerprint density at radius 3 is 2.57 bits per heavy atom. The van der Waals surface area contributed by atoms with E-state index in [1.54, 1.807) is 0 Å². The fourth-order valence-corrected chi connectivity index (χ4v) is 1.28. The van der Waals surface area contributed by atoms with Gasteiger partial charge in [-0.05, 0) is 12.2 Å². The summed E-state index contributed by atoms with van der Waals surface area (Å²) in [6.07, 6.45) is 0. The normalized spacial score (nSPS) is 10.0. The SMILES string of the molecule is O=c1[nH]c(=S)[nH]nc1-c1ccccc1. The van der Waals surface area contributed by atoms with Gasteiger partial charge in [-0.25, -0.2) is 0 Å². The van der Waals surface area contributed by atoms with Gasteiger partial charge >= 0.3 is 0 Å². The van der Waals surface area contributed by atoms with Crippen molar-refractivity contribution in [3.63, 3.8) is 0 Å². The molecule has 0 radical (unpaired) electrons. The van der Waals surface area contributed by atoms with Crippen molar-refractivity contribution in [1.29, 1.82) is 0 Å². The minimum absolute atomic E-state index is 0.231. The first-order valence-corrected chi connectivity index (χ1v) is 4.42. The Hall–Kier alpha value is -1.75. The molecule has 2 aromatic rings. The van der Waals surface area contributed by atoms with Crippen LogP contribution in [0.1, 0.15) is 0 Å². The lowest BCUT2D eigenvalue weighted by molar-refractivity contribution is 0.932. The molecule has 70 valence electrons. The van der Waals surface area contributed by atoms with Crippen LogP contribution in [0.25, 0.3) is 11.3 Å². The topological polar surface area (TPSA) is 61.5 Å². The summed E-state index contributed by atoms with van der Waals surface area (Å²) in [6, 6.07) is 9.20. The summed E-state index contributed by atoms with van der Waals surface area (Å²) in [6.45, 7) is 0. The number of benzene rings is 1. The molecule has 0 aliphatic heterocycles. The molecule has 4 nitrogen and oxygen atoms in total. The van der Waals surface area contributed by atoms with Gasteiger partial charge in [0.1, 0.15) is 0 Å². The molecular weight excluding hydrogens is 198 g/mol. The van der Waals surface area contributed by atoms with Gasteiger partial charge in [0.15, 0.2) is 10.5 Å². The molecule has 1 aromatic heterocycles. The summed E-state index contributed by atoms with van der Waals surface area (Å²) < 4.78 is 0.231. The molecule has 0 fully saturated rings. The monoisotopic (exact) mass is 205 g/mol. The van der Waals surface area contributed by atoms with Gasteiger partial charge in [0.25, 0.3) is 5.56 Å². The maximum atomic E-state index is 11.4. The highest BCUT2D eigenvalue weighted by Crippen LogP contribution is 2.09. The lowest BCUT2D eigenvalue weighted by Gasteiger charge is -1.96. The predicted octanol–water partition coefficient (Wildman–Crippen LogP) is 1.49. The highest BCUT2D eigenvalue weighted by atomic mass is 32.1. The first kappa shape index (κ1) is 8.83. The Morgan fingerprint density at radius 1 is 1.21 bits per heavy atom. The van der Waals surface area contributed by atoms with E-state index in [1.807, 2.05) is 30.3 Å². The number of aromatic nitrogens is 3. The van der Waals surface area contributed by atoms with Crippen molar-refractivity contribution in [2.45, 2.75) is 0 Å². The fourth-order valence-electron chi connectivity index (χ4n) is 1.14. The summed E-state index contributed by atoms with van der Waals surface area (Å²) >= 11 is 4.74. The van der Waals surface area contributed by atoms with Gasteiger partial charge in [-0.2, -0.15) is 5.10 Å². The van der Waals surface area contributed by atoms with Crippen molar-refractivity contribution in [2.75, 3.05) is 0 Å². The van der Waals surface area contributed by atoms with Crippen molar-refractivity contribution in [2.24, 2.45) is 0 Å². The molecule has 0 aliphatic carbocycles. The third-order valence-electron chi connectivity index (χ3n) is 1.76. The van der Waals surface area contributed by atoms with E-state index in [4.69, 9.17) is 12.2 Å². The summed E-state index contributed by atoms with van der Waals surface area (Å²) in [5.74, 6) is 0. The van der Waals surface area contributed by atoms with Gasteiger partial charge < -0.3 is 0 Å². The molecule has 0 spiro atoms. The van der Waals surface area contributed by atoms with Crippen molar-refractivity contribution >= 4 is 12.2 Å². The summed E-state index contributed by atoms with van der Waals surface area (Å²) in [5.41, 5.74) is 0.833. The number of nitrogens with one attached hydrogen (secondary N) is 2. The largest absolute Gasteiger partial charge is 0.296 e. The first-order chi connectivity index (χ1) is 6.77. The molecule has 1 aromatic carbocycles. The van der Waals surface area contributed by atoms with Crippen LogP contribution in [0.3, 0.4) is 0 Å². The molecule has 14 heavy (non-hydrogen) atoms. The minimum Gasteiger partial charge on any atom is -0.296 e. The van der Waals surface area contributed by atoms with Crippen LogP contribution in [-0.4, -0.2) is 15.2 Å². The maximum Gasteiger partial charge on any atom is 0.278 e. The van der Waals surface area contributed by atoms with E-state index in [2.05, 4.69) is 15.2 Å². The van der Waals surface area contributed by atoms with E-state index in [1.165, 1.54) is 0 Å². The molecule has 2 rings (SSSR count). The predicted molar refractivity (Wildman–Crippen MR) is 55.5 cm³/mol. The van der Waals surface area contributed by atoms with Crippen molar-refractivity contribution < 1.29 is 0 Å². The number of aromatic amines is 2. The molecule has 0 unspecified atom stereocenters. The summed E-state index contributed by atoms with van der Waals surface area (Å²) in [5, 5.41) is 6.42. The molecule has 0 saturated heterocycles. The van der Waals surface area contributed by atoms with E-state index in [-0.39, 0.29) is 10.3 Å². The number of hydrogen-bond donors (Lipinski definition) is 2. The third kappa shape index (κ3) is 1.62. The van der Waals surface area contributed by atoms with Gasteiger partial charge in [0, 0.05) is 5.56 Å². The van der Waals surface area contributed by atoms with Crippen LogP contribution >= 0.6 is 12.2 Å². The van der Waals surface area contributed by atoms with Crippen LogP contribution in [0.4, 0.5) is 0 Å². The maximum absolute atomic E-state index is 11.4. The second-order valence-electron chi connectivity index (χ2n) is 2.72. The number of nitrogens with zero attached hydrogens (tertiary/aromatic N) is 1. The molecule has 2 N–H and O–H groups in total. The molecule has 0 saturated carbocycles. The van der Waals surface area contributed by atoms with Gasteiger partial charge in [-0.3, -0.25) is 14.9 Å². The Bertz CT molecular complexity index is 544. The zero-order chi connectivity index (χ0) is 9.97. The Kier molecular flexibility index (Phi) is 2.24. The van der Waals surface area contributed by atoms with Gasteiger partial charge in [-0.1, -0.05) is 30.3 Å². The standard InChI is InChI=1S/C9H7N3OS/c13-8-7(11-12-9(14)10-8)6-4-2-1-3-5-6/h1-5H,(H2,10,12,13,14). The lowest BCUT2D eigenvalue weighted by atomic mass is 10.2. The molecule has 5 heteroatoms. The molecule has 0 bridgehead atoms. The quantitative estimate of drug-likeness (QED) is 0.693. The van der Waals surface area contributed by atoms with Gasteiger partial charge in [0.05, 0.1) is 0 Å². The average molecular weight is 205 g/mol. The minimum atomic E-state index is -0.278. The van der Waals surface area contributed by atoms with Crippen LogP contribution in [0.5, 0.6) is 0 Å². The zero-order valence-electron chi connectivity index (χ0n) is 7.15. The second-order valence-corrected chi connectivity index (χ2v) is 3.13.